The average Bonchev–Trinajstić information content (AvgIpc) is 3.02. The predicted octanol–water partition coefficient (Wildman–Crippen LogP) is 2.77. The Morgan fingerprint density at radius 2 is 2.14 bits per heavy atom. The van der Waals surface area contributed by atoms with Crippen molar-refractivity contribution < 1.29 is 4.79 Å². The summed E-state index contributed by atoms with van der Waals surface area (Å²) in [6, 6.07) is -0.393. The van der Waals surface area contributed by atoms with E-state index in [1.165, 1.54) is 6.20 Å². The first-order valence-corrected chi connectivity index (χ1v) is 7.82. The van der Waals surface area contributed by atoms with Crippen LogP contribution in [0.4, 0.5) is 0 Å². The van der Waals surface area contributed by atoms with E-state index >= 15 is 0 Å². The summed E-state index contributed by atoms with van der Waals surface area (Å²) in [7, 11) is 0. The summed E-state index contributed by atoms with van der Waals surface area (Å²) in [5, 5.41) is 12.5. The number of hydrogen-bond acceptors (Lipinski definition) is 3. The molecule has 2 rings (SSSR count). The maximum atomic E-state index is 12.0. The minimum Gasteiger partial charge on any atom is -0.354 e. The molecule has 1 amide bonds. The number of amides is 1. The molecular weight excluding hydrogens is 325 g/mol. The van der Waals surface area contributed by atoms with Gasteiger partial charge in [0.2, 0.25) is 5.91 Å². The van der Waals surface area contributed by atoms with E-state index in [4.69, 9.17) is 23.2 Å². The predicted molar refractivity (Wildman–Crippen MR) is 86.3 cm³/mol. The number of aromatic nitrogens is 4. The zero-order valence-corrected chi connectivity index (χ0v) is 14.3. The van der Waals surface area contributed by atoms with Crippen molar-refractivity contribution in [3.8, 4) is 0 Å². The Morgan fingerprint density at radius 3 is 2.68 bits per heavy atom. The van der Waals surface area contributed by atoms with Gasteiger partial charge in [-0.25, -0.2) is 0 Å². The average molecular weight is 344 g/mol. The summed E-state index contributed by atoms with van der Waals surface area (Å²) in [6.45, 7) is 6.87. The van der Waals surface area contributed by atoms with Crippen LogP contribution in [-0.2, 0) is 11.3 Å². The van der Waals surface area contributed by atoms with Crippen LogP contribution in [0.25, 0.3) is 0 Å². The molecule has 0 aromatic carbocycles. The van der Waals surface area contributed by atoms with Gasteiger partial charge >= 0.3 is 0 Å². The van der Waals surface area contributed by atoms with Gasteiger partial charge in [0.1, 0.15) is 6.04 Å². The van der Waals surface area contributed by atoms with Crippen molar-refractivity contribution in [2.75, 3.05) is 6.54 Å². The summed E-state index contributed by atoms with van der Waals surface area (Å²) in [6.07, 6.45) is 3.91. The molecule has 0 saturated carbocycles. The quantitative estimate of drug-likeness (QED) is 0.820. The highest BCUT2D eigenvalue weighted by molar-refractivity contribution is 6.31. The molecule has 0 radical (unpaired) electrons. The van der Waals surface area contributed by atoms with E-state index in [9.17, 15) is 4.79 Å². The minimum absolute atomic E-state index is 0.0915. The molecule has 0 saturated heterocycles. The third-order valence-corrected chi connectivity index (χ3v) is 4.23. The highest BCUT2D eigenvalue weighted by Crippen LogP contribution is 2.18. The second-order valence-corrected chi connectivity index (χ2v) is 5.98. The van der Waals surface area contributed by atoms with Gasteiger partial charge in [-0.15, -0.1) is 0 Å². The minimum atomic E-state index is -0.393. The number of aryl methyl sites for hydroxylation is 2. The Morgan fingerprint density at radius 1 is 1.41 bits per heavy atom. The third kappa shape index (κ3) is 3.81. The van der Waals surface area contributed by atoms with Crippen molar-refractivity contribution >= 4 is 29.1 Å². The van der Waals surface area contributed by atoms with E-state index < -0.39 is 6.04 Å². The number of nitrogens with one attached hydrogen (secondary N) is 1. The van der Waals surface area contributed by atoms with Crippen LogP contribution in [0.1, 0.15) is 30.8 Å². The van der Waals surface area contributed by atoms with E-state index in [-0.39, 0.29) is 5.91 Å². The Hall–Kier alpha value is -1.53. The summed E-state index contributed by atoms with van der Waals surface area (Å²) in [4.78, 5) is 12.0. The van der Waals surface area contributed by atoms with Crippen molar-refractivity contribution in [1.82, 2.24) is 24.9 Å². The molecule has 0 aliphatic carbocycles. The molecule has 1 atom stereocenters. The monoisotopic (exact) mass is 343 g/mol. The SMILES string of the molecule is Cc1nn(CCCNC(=O)C(C)n2cc(Cl)cn2)c(C)c1Cl. The van der Waals surface area contributed by atoms with Crippen molar-refractivity contribution in [1.29, 1.82) is 0 Å². The summed E-state index contributed by atoms with van der Waals surface area (Å²) in [5.74, 6) is -0.0915. The second-order valence-electron chi connectivity index (χ2n) is 5.17. The van der Waals surface area contributed by atoms with E-state index in [2.05, 4.69) is 15.5 Å². The van der Waals surface area contributed by atoms with Gasteiger partial charge in [0.05, 0.1) is 27.6 Å². The molecule has 1 N–H and O–H groups in total. The molecule has 2 aromatic heterocycles. The first kappa shape index (κ1) is 16.8. The highest BCUT2D eigenvalue weighted by Gasteiger charge is 2.15. The molecule has 0 bridgehead atoms. The molecule has 6 nitrogen and oxygen atoms in total. The number of carbonyl (C=O) groups excluding carboxylic acids is 1. The van der Waals surface area contributed by atoms with Crippen LogP contribution in [0, 0.1) is 13.8 Å². The Balaban J connectivity index is 1.78. The van der Waals surface area contributed by atoms with Gasteiger partial charge in [-0.3, -0.25) is 14.2 Å². The van der Waals surface area contributed by atoms with Crippen molar-refractivity contribution in [3.05, 3.63) is 33.8 Å². The smallest absolute Gasteiger partial charge is 0.244 e. The number of rotatable bonds is 6. The maximum Gasteiger partial charge on any atom is 0.244 e. The zero-order chi connectivity index (χ0) is 16.3. The molecule has 0 aliphatic rings. The Labute approximate surface area is 139 Å². The molecule has 22 heavy (non-hydrogen) atoms. The number of nitrogens with zero attached hydrogens (tertiary/aromatic N) is 4. The van der Waals surface area contributed by atoms with Gasteiger partial charge in [0.15, 0.2) is 0 Å². The molecular formula is C14H19Cl2N5O. The standard InChI is InChI=1S/C14H19Cl2N5O/c1-9-13(16)10(2)20(19-9)6-4-5-17-14(22)11(3)21-8-12(15)7-18-21/h7-8,11H,4-6H2,1-3H3,(H,17,22). The number of halogens is 2. The van der Waals surface area contributed by atoms with Crippen molar-refractivity contribution in [3.63, 3.8) is 0 Å². The first-order chi connectivity index (χ1) is 10.4. The lowest BCUT2D eigenvalue weighted by Crippen LogP contribution is -2.32. The second kappa shape index (κ2) is 7.15. The topological polar surface area (TPSA) is 64.7 Å². The Bertz CT molecular complexity index is 664. The van der Waals surface area contributed by atoms with Gasteiger partial charge in [-0.2, -0.15) is 10.2 Å². The Kier molecular flexibility index (Phi) is 5.47. The zero-order valence-electron chi connectivity index (χ0n) is 12.8. The molecule has 0 spiro atoms. The van der Waals surface area contributed by atoms with E-state index in [1.54, 1.807) is 17.8 Å². The summed E-state index contributed by atoms with van der Waals surface area (Å²) >= 11 is 11.9. The van der Waals surface area contributed by atoms with E-state index in [0.29, 0.717) is 23.1 Å². The normalized spacial score (nSPS) is 12.4. The van der Waals surface area contributed by atoms with Gasteiger partial charge in [0.25, 0.3) is 0 Å². The van der Waals surface area contributed by atoms with E-state index in [0.717, 1.165) is 17.8 Å². The van der Waals surface area contributed by atoms with Crippen LogP contribution < -0.4 is 5.32 Å². The molecule has 0 aliphatic heterocycles. The van der Waals surface area contributed by atoms with Crippen LogP contribution in [0.2, 0.25) is 10.0 Å². The van der Waals surface area contributed by atoms with Gasteiger partial charge in [-0.05, 0) is 27.2 Å². The third-order valence-electron chi connectivity index (χ3n) is 3.49. The van der Waals surface area contributed by atoms with Gasteiger partial charge < -0.3 is 5.32 Å². The fourth-order valence-electron chi connectivity index (χ4n) is 2.13. The maximum absolute atomic E-state index is 12.0. The fraction of sp³-hybridized carbons (Fsp3) is 0.500. The molecule has 2 heterocycles. The van der Waals surface area contributed by atoms with Crippen LogP contribution in [0.15, 0.2) is 12.4 Å². The van der Waals surface area contributed by atoms with Crippen LogP contribution in [-0.4, -0.2) is 32.0 Å². The summed E-state index contributed by atoms with van der Waals surface area (Å²) < 4.78 is 3.40. The van der Waals surface area contributed by atoms with Gasteiger partial charge in [0, 0.05) is 19.3 Å². The van der Waals surface area contributed by atoms with Crippen LogP contribution >= 0.6 is 23.2 Å². The lowest BCUT2D eigenvalue weighted by atomic mass is 10.3. The van der Waals surface area contributed by atoms with Crippen LogP contribution in [0.5, 0.6) is 0 Å². The molecule has 8 heteroatoms. The molecule has 2 aromatic rings. The fourth-order valence-corrected chi connectivity index (χ4v) is 2.41. The molecule has 120 valence electrons. The highest BCUT2D eigenvalue weighted by atomic mass is 35.5. The van der Waals surface area contributed by atoms with Gasteiger partial charge in [-0.1, -0.05) is 23.2 Å². The molecule has 0 fully saturated rings. The first-order valence-electron chi connectivity index (χ1n) is 7.07. The largest absolute Gasteiger partial charge is 0.354 e. The van der Waals surface area contributed by atoms with Crippen molar-refractivity contribution in [2.45, 2.75) is 39.8 Å². The molecule has 1 unspecified atom stereocenters. The summed E-state index contributed by atoms with van der Waals surface area (Å²) in [5.41, 5.74) is 1.78. The van der Waals surface area contributed by atoms with E-state index in [1.807, 2.05) is 18.5 Å². The lowest BCUT2D eigenvalue weighted by Gasteiger charge is -2.12. The lowest BCUT2D eigenvalue weighted by molar-refractivity contribution is -0.124. The van der Waals surface area contributed by atoms with Crippen molar-refractivity contribution in [2.24, 2.45) is 0 Å². The number of hydrogen-bond donors (Lipinski definition) is 1. The van der Waals surface area contributed by atoms with Crippen LogP contribution in [0.3, 0.4) is 0 Å². The number of carbonyl (C=O) groups is 1.